The van der Waals surface area contributed by atoms with Gasteiger partial charge in [0.1, 0.15) is 19.3 Å². The molecule has 3 N–H and O–H groups in total. The number of rotatable bonds is 77. The number of unbranched alkanes of at least 4 members (excludes halogenated alkanes) is 51. The molecule has 5 atom stereocenters. The number of hydrogen-bond donors (Lipinski definition) is 3. The van der Waals surface area contributed by atoms with Crippen molar-refractivity contribution in [3.63, 3.8) is 0 Å². The molecule has 0 rings (SSSR count). The minimum Gasteiger partial charge on any atom is -0.462 e. The van der Waals surface area contributed by atoms with E-state index in [-0.39, 0.29) is 25.7 Å². The Morgan fingerprint density at radius 1 is 0.253 bits per heavy atom. The fourth-order valence-corrected chi connectivity index (χ4v) is 13.3. The average molecular weight is 1400 g/mol. The van der Waals surface area contributed by atoms with Crippen LogP contribution in [0.2, 0.25) is 0 Å². The first-order valence-electron chi connectivity index (χ1n) is 39.8. The van der Waals surface area contributed by atoms with Gasteiger partial charge in [0.2, 0.25) is 0 Å². The maximum Gasteiger partial charge on any atom is 0.472 e. The molecule has 0 heterocycles. The van der Waals surface area contributed by atoms with Crippen LogP contribution in [-0.2, 0) is 65.4 Å². The predicted octanol–water partition coefficient (Wildman–Crippen LogP) is 22.6. The van der Waals surface area contributed by atoms with Crippen LogP contribution < -0.4 is 0 Å². The van der Waals surface area contributed by atoms with Crippen LogP contribution in [-0.4, -0.2) is 96.7 Å². The first-order valence-corrected chi connectivity index (χ1v) is 42.8. The monoisotopic (exact) mass is 1400 g/mol. The fraction of sp³-hybridized carbons (Fsp3) is 0.947. The van der Waals surface area contributed by atoms with E-state index in [4.69, 9.17) is 37.0 Å². The summed E-state index contributed by atoms with van der Waals surface area (Å²) in [5.41, 5.74) is 0. The molecule has 0 aliphatic rings. The second-order valence-corrected chi connectivity index (χ2v) is 30.3. The van der Waals surface area contributed by atoms with Crippen molar-refractivity contribution < 1.29 is 80.2 Å². The van der Waals surface area contributed by atoms with Gasteiger partial charge in [0, 0.05) is 25.7 Å². The zero-order valence-electron chi connectivity index (χ0n) is 61.6. The number of carbonyl (C=O) groups excluding carboxylic acids is 4. The Morgan fingerprint density at radius 2 is 0.421 bits per heavy atom. The summed E-state index contributed by atoms with van der Waals surface area (Å²) in [5, 5.41) is 10.6. The van der Waals surface area contributed by atoms with Crippen LogP contribution in [0.3, 0.4) is 0 Å². The van der Waals surface area contributed by atoms with Gasteiger partial charge in [-0.15, -0.1) is 0 Å². The molecule has 95 heavy (non-hydrogen) atoms. The summed E-state index contributed by atoms with van der Waals surface area (Å²) >= 11 is 0. The van der Waals surface area contributed by atoms with E-state index in [9.17, 15) is 43.2 Å². The van der Waals surface area contributed by atoms with E-state index in [1.807, 2.05) is 0 Å². The smallest absolute Gasteiger partial charge is 0.462 e. The second-order valence-electron chi connectivity index (χ2n) is 27.4. The lowest BCUT2D eigenvalue weighted by molar-refractivity contribution is -0.161. The third kappa shape index (κ3) is 70.3. The second kappa shape index (κ2) is 70.5. The molecule has 0 aliphatic heterocycles. The van der Waals surface area contributed by atoms with Crippen molar-refractivity contribution in [2.24, 2.45) is 0 Å². The standard InChI is InChI=1S/C76H148O17P2/c1-5-9-13-17-20-23-26-29-31-33-34-35-36-37-39-42-45-48-51-55-59-63-76(81)93-72(67-87-74(79)61-57-53-49-46-43-41-38-32-30-27-24-21-18-14-10-6-2)69-91-95(84,85)89-65-70(77)64-88-94(82,83)90-68-71(66-86-73(78)60-56-52-16-12-8-4)92-75(80)62-58-54-50-47-44-40-28-25-22-19-15-11-7-3/h70-72,77H,5-69H2,1-4H3,(H,82,83)(H,84,85)/t70-,71+,72+/m0/s1. The molecule has 0 fully saturated rings. The molecular weight excluding hydrogens is 1250 g/mol. The Bertz CT molecular complexity index is 1810. The van der Waals surface area contributed by atoms with Crippen LogP contribution in [0.1, 0.15) is 407 Å². The van der Waals surface area contributed by atoms with Crippen molar-refractivity contribution in [2.45, 2.75) is 425 Å². The van der Waals surface area contributed by atoms with Gasteiger partial charge in [-0.3, -0.25) is 37.3 Å². The van der Waals surface area contributed by atoms with Gasteiger partial charge in [0.15, 0.2) is 12.2 Å². The molecule has 2 unspecified atom stereocenters. The SMILES string of the molecule is CCCCCCCCCCCCCCCCCCCCCCCC(=O)O[C@H](COC(=O)CCCCCCCCCCCCCCCCCC)COP(=O)(O)OC[C@@H](O)COP(=O)(O)OC[C@@H](COC(=O)CCCCCCC)OC(=O)CCCCCCCCCCCCCCC. The molecule has 564 valence electrons. The van der Waals surface area contributed by atoms with Gasteiger partial charge in [0.05, 0.1) is 26.4 Å². The average Bonchev–Trinajstić information content (AvgIpc) is 3.38. The summed E-state index contributed by atoms with van der Waals surface area (Å²) in [5.74, 6) is -2.12. The molecule has 0 aromatic heterocycles. The van der Waals surface area contributed by atoms with E-state index in [2.05, 4.69) is 27.7 Å². The van der Waals surface area contributed by atoms with Gasteiger partial charge < -0.3 is 33.8 Å². The summed E-state index contributed by atoms with van der Waals surface area (Å²) in [4.78, 5) is 72.5. The number of aliphatic hydroxyl groups excluding tert-OH is 1. The Morgan fingerprint density at radius 3 is 0.621 bits per heavy atom. The van der Waals surface area contributed by atoms with Crippen molar-refractivity contribution in [1.29, 1.82) is 0 Å². The van der Waals surface area contributed by atoms with Gasteiger partial charge in [-0.1, -0.05) is 355 Å². The zero-order chi connectivity index (χ0) is 69.7. The third-order valence-electron chi connectivity index (χ3n) is 17.9. The largest absolute Gasteiger partial charge is 0.472 e. The molecule has 0 bridgehead atoms. The van der Waals surface area contributed by atoms with Crippen molar-refractivity contribution in [3.8, 4) is 0 Å². The van der Waals surface area contributed by atoms with Crippen molar-refractivity contribution >= 4 is 39.5 Å². The summed E-state index contributed by atoms with van der Waals surface area (Å²) < 4.78 is 68.3. The number of phosphoric ester groups is 2. The predicted molar refractivity (Wildman–Crippen MR) is 386 cm³/mol. The van der Waals surface area contributed by atoms with Crippen LogP contribution in [0, 0.1) is 0 Å². The van der Waals surface area contributed by atoms with E-state index in [1.54, 1.807) is 0 Å². The van der Waals surface area contributed by atoms with Crippen LogP contribution in [0.5, 0.6) is 0 Å². The highest BCUT2D eigenvalue weighted by molar-refractivity contribution is 7.47. The summed E-state index contributed by atoms with van der Waals surface area (Å²) in [7, 11) is -9.90. The van der Waals surface area contributed by atoms with E-state index in [0.29, 0.717) is 25.7 Å². The number of ether oxygens (including phenoxy) is 4. The van der Waals surface area contributed by atoms with Crippen LogP contribution in [0.4, 0.5) is 0 Å². The topological polar surface area (TPSA) is 237 Å². The Hall–Kier alpha value is -1.94. The number of carbonyl (C=O) groups is 4. The molecule has 0 aromatic carbocycles. The molecule has 0 amide bonds. The van der Waals surface area contributed by atoms with Gasteiger partial charge in [-0.05, 0) is 25.7 Å². The Labute approximate surface area is 581 Å². The highest BCUT2D eigenvalue weighted by Crippen LogP contribution is 2.45. The van der Waals surface area contributed by atoms with Crippen LogP contribution in [0.15, 0.2) is 0 Å². The molecule has 17 nitrogen and oxygen atoms in total. The maximum absolute atomic E-state index is 13.1. The van der Waals surface area contributed by atoms with E-state index < -0.39 is 97.5 Å². The first-order chi connectivity index (χ1) is 46.2. The highest BCUT2D eigenvalue weighted by Gasteiger charge is 2.30. The lowest BCUT2D eigenvalue weighted by atomic mass is 10.0. The quantitative estimate of drug-likeness (QED) is 0.0222. The number of hydrogen-bond acceptors (Lipinski definition) is 15. The minimum absolute atomic E-state index is 0.107. The zero-order valence-corrected chi connectivity index (χ0v) is 63.4. The Kier molecular flexibility index (Phi) is 69.1. The van der Waals surface area contributed by atoms with Gasteiger partial charge >= 0.3 is 39.5 Å². The number of phosphoric acid groups is 2. The van der Waals surface area contributed by atoms with Crippen LogP contribution in [0.25, 0.3) is 0 Å². The van der Waals surface area contributed by atoms with Crippen LogP contribution >= 0.6 is 15.6 Å². The third-order valence-corrected chi connectivity index (χ3v) is 19.8. The molecule has 0 radical (unpaired) electrons. The normalized spacial score (nSPS) is 13.9. The molecule has 0 spiro atoms. The van der Waals surface area contributed by atoms with Crippen molar-refractivity contribution in [2.75, 3.05) is 39.6 Å². The molecule has 0 saturated heterocycles. The van der Waals surface area contributed by atoms with Gasteiger partial charge in [-0.25, -0.2) is 9.13 Å². The summed E-state index contributed by atoms with van der Waals surface area (Å²) in [6, 6.07) is 0. The van der Waals surface area contributed by atoms with Gasteiger partial charge in [0.25, 0.3) is 0 Å². The van der Waals surface area contributed by atoms with Gasteiger partial charge in [-0.2, -0.15) is 0 Å². The molecule has 0 saturated carbocycles. The fourth-order valence-electron chi connectivity index (χ4n) is 11.8. The van der Waals surface area contributed by atoms with E-state index in [0.717, 1.165) is 96.3 Å². The number of aliphatic hydroxyl groups is 1. The van der Waals surface area contributed by atoms with Crippen molar-refractivity contribution in [1.82, 2.24) is 0 Å². The number of esters is 4. The summed E-state index contributed by atoms with van der Waals surface area (Å²) in [6.07, 6.45) is 61.5. The summed E-state index contributed by atoms with van der Waals surface area (Å²) in [6.45, 7) is 4.90. The lowest BCUT2D eigenvalue weighted by Crippen LogP contribution is -2.30. The first kappa shape index (κ1) is 93.1. The highest BCUT2D eigenvalue weighted by atomic mass is 31.2. The molecular formula is C76H148O17P2. The molecule has 0 aliphatic carbocycles. The van der Waals surface area contributed by atoms with Crippen molar-refractivity contribution in [3.05, 3.63) is 0 Å². The Balaban J connectivity index is 5.12. The minimum atomic E-state index is -4.95. The van der Waals surface area contributed by atoms with E-state index >= 15 is 0 Å². The molecule has 0 aromatic rings. The molecule has 19 heteroatoms. The maximum atomic E-state index is 13.1. The lowest BCUT2D eigenvalue weighted by Gasteiger charge is -2.21. The van der Waals surface area contributed by atoms with E-state index in [1.165, 1.54) is 231 Å².